The minimum absolute atomic E-state index is 0.0293. The first-order valence-electron chi connectivity index (χ1n) is 5.33. The second-order valence-electron chi connectivity index (χ2n) is 4.06. The molecule has 1 aromatic rings. The number of thiocarbonyl (C=S) groups is 1. The molecule has 0 radical (unpaired) electrons. The third-order valence-corrected chi connectivity index (χ3v) is 3.30. The minimum Gasteiger partial charge on any atom is -0.393 e. The number of carbonyl (C=O) groups excluding carboxylic acids is 1. The van der Waals surface area contributed by atoms with Gasteiger partial charge in [0.1, 0.15) is 5.82 Å². The summed E-state index contributed by atoms with van der Waals surface area (Å²) < 4.78 is 14.2. The molecule has 98 valence electrons. The molecule has 0 aliphatic rings. The summed E-state index contributed by atoms with van der Waals surface area (Å²) in [5.41, 5.74) is 5.47. The maximum absolute atomic E-state index is 13.6. The summed E-state index contributed by atoms with van der Waals surface area (Å²) in [4.78, 5) is 13.9. The molecular formula is C12H14BrFN2OS. The van der Waals surface area contributed by atoms with Crippen molar-refractivity contribution in [2.24, 2.45) is 5.73 Å². The smallest absolute Gasteiger partial charge is 0.256 e. The van der Waals surface area contributed by atoms with Crippen LogP contribution in [0.25, 0.3) is 0 Å². The standard InChI is InChI=1S/C12H14BrFN2OS/c1-7(5-11(15)18)16(2)12(17)9-6-8(13)3-4-10(9)14/h3-4,6-7H,5H2,1-2H3,(H2,15,18). The summed E-state index contributed by atoms with van der Waals surface area (Å²) in [5.74, 6) is -0.935. The van der Waals surface area contributed by atoms with E-state index in [0.29, 0.717) is 15.9 Å². The minimum atomic E-state index is -0.544. The molecule has 1 amide bonds. The van der Waals surface area contributed by atoms with Crippen LogP contribution in [0.5, 0.6) is 0 Å². The van der Waals surface area contributed by atoms with Gasteiger partial charge in [-0.1, -0.05) is 28.1 Å². The Labute approximate surface area is 119 Å². The number of hydrogen-bond donors (Lipinski definition) is 1. The molecule has 1 rings (SSSR count). The molecule has 3 nitrogen and oxygen atoms in total. The zero-order chi connectivity index (χ0) is 13.9. The van der Waals surface area contributed by atoms with Crippen molar-refractivity contribution in [2.75, 3.05) is 7.05 Å². The van der Waals surface area contributed by atoms with Gasteiger partial charge in [0.15, 0.2) is 0 Å². The van der Waals surface area contributed by atoms with Gasteiger partial charge in [0.25, 0.3) is 5.91 Å². The quantitative estimate of drug-likeness (QED) is 0.862. The zero-order valence-electron chi connectivity index (χ0n) is 10.1. The Balaban J connectivity index is 2.92. The maximum atomic E-state index is 13.6. The topological polar surface area (TPSA) is 46.3 Å². The Morgan fingerprint density at radius 2 is 2.22 bits per heavy atom. The van der Waals surface area contributed by atoms with Crippen LogP contribution in [0.1, 0.15) is 23.7 Å². The Hall–Kier alpha value is -1.01. The van der Waals surface area contributed by atoms with E-state index in [-0.39, 0.29) is 11.6 Å². The number of carbonyl (C=O) groups is 1. The van der Waals surface area contributed by atoms with E-state index in [1.807, 2.05) is 6.92 Å². The third-order valence-electron chi connectivity index (χ3n) is 2.64. The molecular weight excluding hydrogens is 319 g/mol. The fourth-order valence-electron chi connectivity index (χ4n) is 1.48. The number of nitrogens with two attached hydrogens (primary N) is 1. The Morgan fingerprint density at radius 1 is 1.61 bits per heavy atom. The van der Waals surface area contributed by atoms with Crippen molar-refractivity contribution in [3.05, 3.63) is 34.1 Å². The van der Waals surface area contributed by atoms with Gasteiger partial charge in [0.05, 0.1) is 10.6 Å². The van der Waals surface area contributed by atoms with Gasteiger partial charge >= 0.3 is 0 Å². The molecule has 6 heteroatoms. The Morgan fingerprint density at radius 3 is 2.78 bits per heavy atom. The van der Waals surface area contributed by atoms with Crippen molar-refractivity contribution in [2.45, 2.75) is 19.4 Å². The van der Waals surface area contributed by atoms with Crippen molar-refractivity contribution >= 4 is 39.0 Å². The van der Waals surface area contributed by atoms with Crippen LogP contribution in [0.4, 0.5) is 4.39 Å². The summed E-state index contributed by atoms with van der Waals surface area (Å²) in [6.45, 7) is 1.81. The van der Waals surface area contributed by atoms with Gasteiger partial charge in [0.2, 0.25) is 0 Å². The molecule has 0 saturated heterocycles. The SMILES string of the molecule is CC(CC(N)=S)N(C)C(=O)c1cc(Br)ccc1F. The second-order valence-corrected chi connectivity index (χ2v) is 5.50. The van der Waals surface area contributed by atoms with Crippen LogP contribution in [0, 0.1) is 5.82 Å². The average molecular weight is 333 g/mol. The van der Waals surface area contributed by atoms with Crippen LogP contribution in [0.3, 0.4) is 0 Å². The lowest BCUT2D eigenvalue weighted by molar-refractivity contribution is 0.0743. The first-order valence-corrected chi connectivity index (χ1v) is 6.53. The number of rotatable bonds is 4. The predicted molar refractivity (Wildman–Crippen MR) is 77.1 cm³/mol. The summed E-state index contributed by atoms with van der Waals surface area (Å²) in [6.07, 6.45) is 0.410. The molecule has 0 fully saturated rings. The molecule has 0 aliphatic carbocycles. The summed E-state index contributed by atoms with van der Waals surface area (Å²) in [5, 5.41) is 0. The van der Waals surface area contributed by atoms with E-state index < -0.39 is 11.7 Å². The first kappa shape index (κ1) is 15.0. The van der Waals surface area contributed by atoms with Gasteiger partial charge in [0, 0.05) is 24.0 Å². The van der Waals surface area contributed by atoms with Crippen LogP contribution in [-0.4, -0.2) is 28.9 Å². The molecule has 0 aliphatic heterocycles. The van der Waals surface area contributed by atoms with Crippen LogP contribution >= 0.6 is 28.1 Å². The average Bonchev–Trinajstić information content (AvgIpc) is 2.29. The molecule has 2 N–H and O–H groups in total. The fraction of sp³-hybridized carbons (Fsp3) is 0.333. The monoisotopic (exact) mass is 332 g/mol. The van der Waals surface area contributed by atoms with Gasteiger partial charge in [-0.15, -0.1) is 0 Å². The number of halogens is 2. The van der Waals surface area contributed by atoms with E-state index in [0.717, 1.165) is 0 Å². The second kappa shape index (κ2) is 6.24. The van der Waals surface area contributed by atoms with E-state index in [4.69, 9.17) is 18.0 Å². The number of hydrogen-bond acceptors (Lipinski definition) is 2. The number of benzene rings is 1. The van der Waals surface area contributed by atoms with Crippen molar-refractivity contribution in [1.29, 1.82) is 0 Å². The van der Waals surface area contributed by atoms with Gasteiger partial charge in [-0.2, -0.15) is 0 Å². The lowest BCUT2D eigenvalue weighted by atomic mass is 10.1. The van der Waals surface area contributed by atoms with Crippen LogP contribution in [0.2, 0.25) is 0 Å². The Bertz CT molecular complexity index is 481. The lowest BCUT2D eigenvalue weighted by Crippen LogP contribution is -2.37. The fourth-order valence-corrected chi connectivity index (χ4v) is 2.08. The molecule has 1 atom stereocenters. The largest absolute Gasteiger partial charge is 0.393 e. The summed E-state index contributed by atoms with van der Waals surface area (Å²) in [7, 11) is 1.60. The summed E-state index contributed by atoms with van der Waals surface area (Å²) in [6, 6.07) is 4.09. The van der Waals surface area contributed by atoms with Crippen LogP contribution < -0.4 is 5.73 Å². The van der Waals surface area contributed by atoms with E-state index in [9.17, 15) is 9.18 Å². The molecule has 1 unspecified atom stereocenters. The molecule has 0 spiro atoms. The number of amides is 1. The van der Waals surface area contributed by atoms with E-state index in [1.165, 1.54) is 17.0 Å². The van der Waals surface area contributed by atoms with Crippen molar-refractivity contribution in [3.8, 4) is 0 Å². The lowest BCUT2D eigenvalue weighted by Gasteiger charge is -2.24. The Kier molecular flexibility index (Phi) is 5.22. The van der Waals surface area contributed by atoms with E-state index >= 15 is 0 Å². The van der Waals surface area contributed by atoms with Crippen molar-refractivity contribution < 1.29 is 9.18 Å². The summed E-state index contributed by atoms with van der Waals surface area (Å²) >= 11 is 8.01. The van der Waals surface area contributed by atoms with Gasteiger partial charge in [-0.25, -0.2) is 4.39 Å². The van der Waals surface area contributed by atoms with Gasteiger partial charge < -0.3 is 10.6 Å². The number of nitrogens with zero attached hydrogens (tertiary/aromatic N) is 1. The molecule has 18 heavy (non-hydrogen) atoms. The molecule has 0 heterocycles. The first-order chi connectivity index (χ1) is 8.32. The normalized spacial score (nSPS) is 12.0. The molecule has 1 aromatic carbocycles. The van der Waals surface area contributed by atoms with E-state index in [2.05, 4.69) is 15.9 Å². The predicted octanol–water partition coefficient (Wildman–Crippen LogP) is 2.72. The highest BCUT2D eigenvalue weighted by Crippen LogP contribution is 2.18. The highest BCUT2D eigenvalue weighted by Gasteiger charge is 2.21. The van der Waals surface area contributed by atoms with Gasteiger partial charge in [-0.05, 0) is 25.1 Å². The van der Waals surface area contributed by atoms with Gasteiger partial charge in [-0.3, -0.25) is 4.79 Å². The molecule has 0 bridgehead atoms. The highest BCUT2D eigenvalue weighted by atomic mass is 79.9. The van der Waals surface area contributed by atoms with Crippen LogP contribution in [-0.2, 0) is 0 Å². The molecule has 0 aromatic heterocycles. The van der Waals surface area contributed by atoms with Crippen LogP contribution in [0.15, 0.2) is 22.7 Å². The zero-order valence-corrected chi connectivity index (χ0v) is 12.5. The van der Waals surface area contributed by atoms with Crippen molar-refractivity contribution in [1.82, 2.24) is 4.90 Å². The highest BCUT2D eigenvalue weighted by molar-refractivity contribution is 9.10. The maximum Gasteiger partial charge on any atom is 0.256 e. The molecule has 0 saturated carbocycles. The van der Waals surface area contributed by atoms with E-state index in [1.54, 1.807) is 13.1 Å². The third kappa shape index (κ3) is 3.74. The van der Waals surface area contributed by atoms with Crippen molar-refractivity contribution in [3.63, 3.8) is 0 Å².